The fourth-order valence-electron chi connectivity index (χ4n) is 2.43. The Kier molecular flexibility index (Phi) is 5.90. The SMILES string of the molecule is C[C@@](CCn1ccc(-c2ccc(Cl)cc2)cc1=O)(C(=O)NO)S(C)(=O)=O. The Balaban J connectivity index is 2.26. The van der Waals surface area contributed by atoms with Gasteiger partial charge in [-0.25, -0.2) is 13.9 Å². The zero-order valence-electron chi connectivity index (χ0n) is 14.3. The molecule has 9 heteroatoms. The van der Waals surface area contributed by atoms with Crippen LogP contribution in [0.4, 0.5) is 0 Å². The summed E-state index contributed by atoms with van der Waals surface area (Å²) in [5.41, 5.74) is 2.56. The lowest BCUT2D eigenvalue weighted by molar-refractivity contribution is -0.131. The molecule has 26 heavy (non-hydrogen) atoms. The van der Waals surface area contributed by atoms with Gasteiger partial charge in [0.1, 0.15) is 0 Å². The number of hydrogen-bond acceptors (Lipinski definition) is 5. The topological polar surface area (TPSA) is 105 Å². The summed E-state index contributed by atoms with van der Waals surface area (Å²) in [5.74, 6) is -1.04. The van der Waals surface area contributed by atoms with Crippen LogP contribution in [0.3, 0.4) is 0 Å². The van der Waals surface area contributed by atoms with Crippen molar-refractivity contribution in [3.63, 3.8) is 0 Å². The molecule has 1 aromatic heterocycles. The van der Waals surface area contributed by atoms with E-state index in [0.717, 1.165) is 11.8 Å². The first-order valence-corrected chi connectivity index (χ1v) is 9.96. The number of nitrogens with one attached hydrogen (secondary N) is 1. The normalized spacial score (nSPS) is 13.8. The molecule has 2 rings (SSSR count). The molecule has 0 unspecified atom stereocenters. The van der Waals surface area contributed by atoms with E-state index in [1.54, 1.807) is 30.3 Å². The monoisotopic (exact) mass is 398 g/mol. The van der Waals surface area contributed by atoms with Gasteiger partial charge in [-0.2, -0.15) is 0 Å². The van der Waals surface area contributed by atoms with Gasteiger partial charge in [-0.05, 0) is 42.7 Å². The maximum atomic E-state index is 12.3. The highest BCUT2D eigenvalue weighted by Gasteiger charge is 2.43. The van der Waals surface area contributed by atoms with Crippen molar-refractivity contribution in [1.82, 2.24) is 10.0 Å². The van der Waals surface area contributed by atoms with Crippen molar-refractivity contribution in [2.75, 3.05) is 6.26 Å². The number of amides is 1. The molecule has 0 saturated heterocycles. The van der Waals surface area contributed by atoms with E-state index in [1.807, 2.05) is 0 Å². The fourth-order valence-corrected chi connectivity index (χ4v) is 3.40. The summed E-state index contributed by atoms with van der Waals surface area (Å²) in [6, 6.07) is 10.1. The number of pyridine rings is 1. The van der Waals surface area contributed by atoms with E-state index < -0.39 is 20.5 Å². The van der Waals surface area contributed by atoms with Gasteiger partial charge in [-0.1, -0.05) is 23.7 Å². The van der Waals surface area contributed by atoms with E-state index in [1.165, 1.54) is 29.2 Å². The summed E-state index contributed by atoms with van der Waals surface area (Å²) in [5, 5.41) is 9.41. The first-order chi connectivity index (χ1) is 12.1. The first kappa shape index (κ1) is 20.2. The molecule has 2 aromatic rings. The van der Waals surface area contributed by atoms with Crippen LogP contribution in [0.2, 0.25) is 5.02 Å². The van der Waals surface area contributed by atoms with Crippen LogP contribution in [0.5, 0.6) is 0 Å². The van der Waals surface area contributed by atoms with Crippen molar-refractivity contribution >= 4 is 27.3 Å². The average Bonchev–Trinajstić information content (AvgIpc) is 2.59. The summed E-state index contributed by atoms with van der Waals surface area (Å²) in [6.07, 6.45) is 2.28. The lowest BCUT2D eigenvalue weighted by Crippen LogP contribution is -2.49. The Morgan fingerprint density at radius 3 is 2.35 bits per heavy atom. The quantitative estimate of drug-likeness (QED) is 0.570. The standard InChI is InChI=1S/C17H19ClN2O5S/c1-17(16(22)19-23,26(2,24)25)8-10-20-9-7-13(11-15(20)21)12-3-5-14(18)6-4-12/h3-7,9,11,23H,8,10H2,1-2H3,(H,19,22)/t17-/m1/s1. The van der Waals surface area contributed by atoms with E-state index >= 15 is 0 Å². The van der Waals surface area contributed by atoms with Crippen molar-refractivity contribution in [1.29, 1.82) is 0 Å². The second kappa shape index (κ2) is 7.61. The smallest absolute Gasteiger partial charge is 0.264 e. The number of aryl methyl sites for hydroxylation is 1. The Bertz CT molecular complexity index is 969. The first-order valence-electron chi connectivity index (χ1n) is 7.69. The number of hydrogen-bond donors (Lipinski definition) is 2. The second-order valence-electron chi connectivity index (χ2n) is 6.15. The number of rotatable bonds is 6. The van der Waals surface area contributed by atoms with Crippen LogP contribution < -0.4 is 11.0 Å². The molecule has 7 nitrogen and oxygen atoms in total. The molecule has 0 aliphatic rings. The average molecular weight is 399 g/mol. The Morgan fingerprint density at radius 1 is 1.23 bits per heavy atom. The van der Waals surface area contributed by atoms with Crippen molar-refractivity contribution in [3.8, 4) is 11.1 Å². The molecule has 140 valence electrons. The number of hydroxylamine groups is 1. The number of carbonyl (C=O) groups excluding carboxylic acids is 1. The predicted octanol–water partition coefficient (Wildman–Crippen LogP) is 1.87. The predicted molar refractivity (Wildman–Crippen MR) is 98.9 cm³/mol. The number of nitrogens with zero attached hydrogens (tertiary/aromatic N) is 1. The van der Waals surface area contributed by atoms with Crippen molar-refractivity contribution < 1.29 is 18.4 Å². The summed E-state index contributed by atoms with van der Waals surface area (Å²) in [7, 11) is -3.81. The van der Waals surface area contributed by atoms with Crippen LogP contribution in [-0.4, -0.2) is 35.1 Å². The van der Waals surface area contributed by atoms with Gasteiger partial charge in [0.2, 0.25) is 0 Å². The lowest BCUT2D eigenvalue weighted by Gasteiger charge is -2.25. The second-order valence-corrected chi connectivity index (χ2v) is 9.03. The van der Waals surface area contributed by atoms with Gasteiger partial charge >= 0.3 is 0 Å². The van der Waals surface area contributed by atoms with Crippen molar-refractivity contribution in [2.45, 2.75) is 24.6 Å². The molecule has 2 N–H and O–H groups in total. The van der Waals surface area contributed by atoms with Gasteiger partial charge in [0, 0.05) is 30.1 Å². The molecular weight excluding hydrogens is 380 g/mol. The minimum Gasteiger partial charge on any atom is -0.315 e. The lowest BCUT2D eigenvalue weighted by atomic mass is 10.1. The number of halogens is 1. The summed E-state index contributed by atoms with van der Waals surface area (Å²) in [4.78, 5) is 24.1. The van der Waals surface area contributed by atoms with Crippen LogP contribution in [0.25, 0.3) is 11.1 Å². The highest BCUT2D eigenvalue weighted by Crippen LogP contribution is 2.23. The summed E-state index contributed by atoms with van der Waals surface area (Å²) < 4.78 is 23.4. The Morgan fingerprint density at radius 2 is 1.85 bits per heavy atom. The third kappa shape index (κ3) is 4.14. The van der Waals surface area contributed by atoms with Crippen LogP contribution in [-0.2, 0) is 21.2 Å². The summed E-state index contributed by atoms with van der Waals surface area (Å²) in [6.45, 7) is 1.21. The maximum absolute atomic E-state index is 12.3. The highest BCUT2D eigenvalue weighted by molar-refractivity contribution is 7.92. The highest BCUT2D eigenvalue weighted by atomic mass is 35.5. The molecule has 1 amide bonds. The summed E-state index contributed by atoms with van der Waals surface area (Å²) >= 11 is 5.85. The maximum Gasteiger partial charge on any atom is 0.264 e. The van der Waals surface area contributed by atoms with E-state index in [0.29, 0.717) is 10.6 Å². The molecule has 0 fully saturated rings. The minimum atomic E-state index is -3.81. The molecule has 1 atom stereocenters. The zero-order valence-corrected chi connectivity index (χ0v) is 15.8. The largest absolute Gasteiger partial charge is 0.315 e. The van der Waals surface area contributed by atoms with E-state index in [4.69, 9.17) is 16.8 Å². The van der Waals surface area contributed by atoms with Crippen LogP contribution in [0.1, 0.15) is 13.3 Å². The Labute approximate surface area is 156 Å². The van der Waals surface area contributed by atoms with Crippen molar-refractivity contribution in [3.05, 3.63) is 58.0 Å². The zero-order chi connectivity index (χ0) is 19.5. The third-order valence-corrected chi connectivity index (χ3v) is 6.68. The van der Waals surface area contributed by atoms with E-state index in [9.17, 15) is 18.0 Å². The van der Waals surface area contributed by atoms with Gasteiger partial charge in [0.15, 0.2) is 14.6 Å². The van der Waals surface area contributed by atoms with Crippen LogP contribution in [0, 0.1) is 0 Å². The third-order valence-electron chi connectivity index (χ3n) is 4.40. The Hall–Kier alpha value is -2.16. The molecule has 1 heterocycles. The van der Waals surface area contributed by atoms with Gasteiger partial charge in [0.05, 0.1) is 0 Å². The van der Waals surface area contributed by atoms with Crippen LogP contribution >= 0.6 is 11.6 Å². The number of aromatic nitrogens is 1. The molecular formula is C17H19ClN2O5S. The minimum absolute atomic E-state index is 0.00325. The molecule has 0 aliphatic carbocycles. The van der Waals surface area contributed by atoms with Gasteiger partial charge < -0.3 is 4.57 Å². The molecule has 1 aromatic carbocycles. The molecule has 0 saturated carbocycles. The number of sulfone groups is 1. The molecule has 0 bridgehead atoms. The fraction of sp³-hybridized carbons (Fsp3) is 0.294. The number of benzene rings is 1. The van der Waals surface area contributed by atoms with Gasteiger partial charge in [-0.15, -0.1) is 0 Å². The van der Waals surface area contributed by atoms with E-state index in [-0.39, 0.29) is 18.5 Å². The van der Waals surface area contributed by atoms with Gasteiger partial charge in [0.25, 0.3) is 11.5 Å². The van der Waals surface area contributed by atoms with Gasteiger partial charge in [-0.3, -0.25) is 14.8 Å². The van der Waals surface area contributed by atoms with E-state index in [2.05, 4.69) is 0 Å². The molecule has 0 radical (unpaired) electrons. The van der Waals surface area contributed by atoms with Crippen molar-refractivity contribution in [2.24, 2.45) is 0 Å². The van der Waals surface area contributed by atoms with Crippen LogP contribution in [0.15, 0.2) is 47.4 Å². The number of carbonyl (C=O) groups is 1. The molecule has 0 spiro atoms. The molecule has 0 aliphatic heterocycles.